The van der Waals surface area contributed by atoms with E-state index in [4.69, 9.17) is 13.9 Å². The fraction of sp³-hybridized carbons (Fsp3) is 0.368. The molecule has 0 aliphatic carbocycles. The number of benzene rings is 1. The highest BCUT2D eigenvalue weighted by molar-refractivity contribution is 6.06. The van der Waals surface area contributed by atoms with E-state index in [2.05, 4.69) is 5.32 Å². The van der Waals surface area contributed by atoms with Crippen molar-refractivity contribution in [2.75, 3.05) is 19.8 Å². The van der Waals surface area contributed by atoms with Crippen LogP contribution in [0.5, 0.6) is 11.5 Å². The fourth-order valence-corrected chi connectivity index (χ4v) is 2.74. The van der Waals surface area contributed by atoms with Gasteiger partial charge in [0.05, 0.1) is 19.4 Å². The van der Waals surface area contributed by atoms with Gasteiger partial charge in [-0.2, -0.15) is 0 Å². The second kappa shape index (κ2) is 7.51. The third kappa shape index (κ3) is 3.51. The number of nitrogens with one attached hydrogen (secondary N) is 1. The van der Waals surface area contributed by atoms with Gasteiger partial charge in [-0.15, -0.1) is 0 Å². The predicted octanol–water partition coefficient (Wildman–Crippen LogP) is 2.91. The average Bonchev–Trinajstić information content (AvgIpc) is 3.25. The predicted molar refractivity (Wildman–Crippen MR) is 94.0 cm³/mol. The molecule has 1 aliphatic rings. The lowest BCUT2D eigenvalue weighted by atomic mass is 9.99. The van der Waals surface area contributed by atoms with Crippen molar-refractivity contribution in [3.8, 4) is 11.5 Å². The Morgan fingerprint density at radius 1 is 1.08 bits per heavy atom. The molecule has 1 aromatic heterocycles. The van der Waals surface area contributed by atoms with E-state index in [0.717, 1.165) is 17.1 Å². The summed E-state index contributed by atoms with van der Waals surface area (Å²) in [6, 6.07) is 10.1. The Kier molecular flexibility index (Phi) is 5.16. The largest absolute Gasteiger partial charge is 0.494 e. The van der Waals surface area contributed by atoms with Crippen molar-refractivity contribution in [2.45, 2.75) is 25.8 Å². The molecular formula is C19H22N2O5. The summed E-state index contributed by atoms with van der Waals surface area (Å²) in [5.41, 5.74) is -1.18. The van der Waals surface area contributed by atoms with E-state index < -0.39 is 11.6 Å². The van der Waals surface area contributed by atoms with E-state index in [-0.39, 0.29) is 19.1 Å². The van der Waals surface area contributed by atoms with Crippen LogP contribution in [0.4, 0.5) is 4.79 Å². The fourth-order valence-electron chi connectivity index (χ4n) is 2.74. The molecule has 2 aromatic rings. The van der Waals surface area contributed by atoms with Gasteiger partial charge in [-0.3, -0.25) is 9.69 Å². The highest BCUT2D eigenvalue weighted by atomic mass is 16.5. The molecule has 1 atom stereocenters. The maximum absolute atomic E-state index is 12.6. The summed E-state index contributed by atoms with van der Waals surface area (Å²) in [5.74, 6) is 1.48. The summed E-state index contributed by atoms with van der Waals surface area (Å²) in [5, 5.41) is 2.68. The molecule has 7 nitrogen and oxygen atoms in total. The molecule has 0 radical (unpaired) electrons. The molecule has 1 fully saturated rings. The van der Waals surface area contributed by atoms with Crippen LogP contribution in [0.3, 0.4) is 0 Å². The number of ether oxygens (including phenoxy) is 2. The lowest BCUT2D eigenvalue weighted by Crippen LogP contribution is -2.41. The van der Waals surface area contributed by atoms with Gasteiger partial charge in [0, 0.05) is 0 Å². The van der Waals surface area contributed by atoms with Crippen LogP contribution < -0.4 is 14.8 Å². The van der Waals surface area contributed by atoms with Crippen molar-refractivity contribution in [3.63, 3.8) is 0 Å². The zero-order valence-corrected chi connectivity index (χ0v) is 14.9. The molecular weight excluding hydrogens is 336 g/mol. The summed E-state index contributed by atoms with van der Waals surface area (Å²) < 4.78 is 16.4. The van der Waals surface area contributed by atoms with E-state index in [1.165, 1.54) is 6.26 Å². The van der Waals surface area contributed by atoms with E-state index in [0.29, 0.717) is 18.1 Å². The van der Waals surface area contributed by atoms with Crippen molar-refractivity contribution in [1.29, 1.82) is 0 Å². The molecule has 0 bridgehead atoms. The van der Waals surface area contributed by atoms with Crippen LogP contribution in [-0.2, 0) is 10.3 Å². The minimum absolute atomic E-state index is 0.148. The molecule has 0 saturated carbocycles. The Morgan fingerprint density at radius 2 is 1.73 bits per heavy atom. The summed E-state index contributed by atoms with van der Waals surface area (Å²) in [6.45, 7) is 4.69. The summed E-state index contributed by atoms with van der Waals surface area (Å²) in [6.07, 6.45) is 2.42. The van der Waals surface area contributed by atoms with Crippen LogP contribution in [0, 0.1) is 0 Å². The number of nitrogens with zero attached hydrogens (tertiary/aromatic N) is 1. The lowest BCUT2D eigenvalue weighted by Gasteiger charge is -2.19. The van der Waals surface area contributed by atoms with Crippen LogP contribution in [0.25, 0.3) is 0 Å². The van der Waals surface area contributed by atoms with Gasteiger partial charge in [-0.25, -0.2) is 4.79 Å². The van der Waals surface area contributed by atoms with Crippen molar-refractivity contribution >= 4 is 11.9 Å². The van der Waals surface area contributed by atoms with Crippen LogP contribution in [0.15, 0.2) is 47.1 Å². The second-order valence-corrected chi connectivity index (χ2v) is 6.16. The quantitative estimate of drug-likeness (QED) is 0.734. The number of urea groups is 1. The Balaban J connectivity index is 1.55. The van der Waals surface area contributed by atoms with Crippen molar-refractivity contribution in [2.24, 2.45) is 0 Å². The molecule has 26 heavy (non-hydrogen) atoms. The minimum Gasteiger partial charge on any atom is -0.494 e. The maximum atomic E-state index is 12.6. The standard InChI is InChI=1S/C19H22N2O5/c1-3-11-24-14-6-8-15(9-7-14)25-13-10-21-17(22)19(2,20-18(21)23)16-5-4-12-26-16/h4-9,12H,3,10-11,13H2,1-2H3,(H,20,23)/t19-/m1/s1. The molecule has 0 unspecified atom stereocenters. The third-order valence-electron chi connectivity index (χ3n) is 4.17. The first-order chi connectivity index (χ1) is 12.5. The lowest BCUT2D eigenvalue weighted by molar-refractivity contribution is -0.131. The average molecular weight is 358 g/mol. The van der Waals surface area contributed by atoms with E-state index in [1.54, 1.807) is 31.2 Å². The van der Waals surface area contributed by atoms with Crippen molar-refractivity contribution in [1.82, 2.24) is 10.2 Å². The number of hydrogen-bond donors (Lipinski definition) is 1. The zero-order valence-electron chi connectivity index (χ0n) is 14.9. The van der Waals surface area contributed by atoms with Gasteiger partial charge >= 0.3 is 6.03 Å². The molecule has 138 valence electrons. The number of carbonyl (C=O) groups is 2. The molecule has 3 amide bonds. The maximum Gasteiger partial charge on any atom is 0.325 e. The van der Waals surface area contributed by atoms with Gasteiger partial charge in [0.25, 0.3) is 5.91 Å². The van der Waals surface area contributed by atoms with Gasteiger partial charge in [-0.05, 0) is 49.7 Å². The number of carbonyl (C=O) groups excluding carboxylic acids is 2. The van der Waals surface area contributed by atoms with Gasteiger partial charge in [-0.1, -0.05) is 6.92 Å². The first-order valence-corrected chi connectivity index (χ1v) is 8.58. The molecule has 3 rings (SSSR count). The highest BCUT2D eigenvalue weighted by Gasteiger charge is 2.50. The molecule has 0 spiro atoms. The minimum atomic E-state index is -1.18. The first kappa shape index (κ1) is 17.8. The molecule has 1 aromatic carbocycles. The van der Waals surface area contributed by atoms with Gasteiger partial charge in [0.1, 0.15) is 23.9 Å². The second-order valence-electron chi connectivity index (χ2n) is 6.16. The molecule has 1 saturated heterocycles. The smallest absolute Gasteiger partial charge is 0.325 e. The topological polar surface area (TPSA) is 81.0 Å². The first-order valence-electron chi connectivity index (χ1n) is 8.58. The number of imide groups is 1. The number of hydrogen-bond acceptors (Lipinski definition) is 5. The monoisotopic (exact) mass is 358 g/mol. The Hall–Kier alpha value is -2.96. The van der Waals surface area contributed by atoms with Crippen LogP contribution in [-0.4, -0.2) is 36.6 Å². The van der Waals surface area contributed by atoms with E-state index in [9.17, 15) is 9.59 Å². The highest BCUT2D eigenvalue weighted by Crippen LogP contribution is 2.29. The van der Waals surface area contributed by atoms with Gasteiger partial charge in [0.15, 0.2) is 5.54 Å². The van der Waals surface area contributed by atoms with Crippen LogP contribution >= 0.6 is 0 Å². The summed E-state index contributed by atoms with van der Waals surface area (Å²) in [7, 11) is 0. The normalized spacial score (nSPS) is 19.5. The Morgan fingerprint density at radius 3 is 2.31 bits per heavy atom. The van der Waals surface area contributed by atoms with Crippen molar-refractivity contribution < 1.29 is 23.5 Å². The number of furan rings is 1. The SMILES string of the molecule is CCCOc1ccc(OCCN2C(=O)N[C@](C)(c3ccco3)C2=O)cc1. The van der Waals surface area contributed by atoms with Gasteiger partial charge < -0.3 is 19.2 Å². The molecule has 2 heterocycles. The third-order valence-corrected chi connectivity index (χ3v) is 4.17. The summed E-state index contributed by atoms with van der Waals surface area (Å²) in [4.78, 5) is 25.9. The molecule has 1 aliphatic heterocycles. The van der Waals surface area contributed by atoms with Crippen LogP contribution in [0.2, 0.25) is 0 Å². The van der Waals surface area contributed by atoms with E-state index >= 15 is 0 Å². The van der Waals surface area contributed by atoms with Crippen molar-refractivity contribution in [3.05, 3.63) is 48.4 Å². The Labute approximate surface area is 151 Å². The Bertz CT molecular complexity index is 757. The summed E-state index contributed by atoms with van der Waals surface area (Å²) >= 11 is 0. The number of rotatable bonds is 8. The molecule has 1 N–H and O–H groups in total. The molecule has 7 heteroatoms. The zero-order chi connectivity index (χ0) is 18.6. The van der Waals surface area contributed by atoms with Gasteiger partial charge in [0.2, 0.25) is 0 Å². The van der Waals surface area contributed by atoms with E-state index in [1.807, 2.05) is 19.1 Å². The number of amides is 3. The van der Waals surface area contributed by atoms with Crippen LogP contribution in [0.1, 0.15) is 26.0 Å².